The predicted molar refractivity (Wildman–Crippen MR) is 128 cm³/mol. The van der Waals surface area contributed by atoms with Gasteiger partial charge in [0.15, 0.2) is 0 Å². The zero-order valence-corrected chi connectivity index (χ0v) is 19.8. The first-order chi connectivity index (χ1) is 17.7. The van der Waals surface area contributed by atoms with Crippen LogP contribution in [0.4, 0.5) is 5.95 Å². The van der Waals surface area contributed by atoms with E-state index in [1.807, 2.05) is 6.20 Å². The van der Waals surface area contributed by atoms with Crippen LogP contribution >= 0.6 is 0 Å². The van der Waals surface area contributed by atoms with Crippen molar-refractivity contribution in [1.29, 1.82) is 0 Å². The van der Waals surface area contributed by atoms with E-state index in [4.69, 9.17) is 9.40 Å². The number of anilines is 1. The SMILES string of the molecule is O=C(Cc1nnc([C@H]2Cc3cnc(NC4CC5C=CC=CC5C4)nc3C2)o1)N1CCc2nn[nH]c2C1. The molecule has 184 valence electrons. The Kier molecular flexibility index (Phi) is 5.14. The lowest BCUT2D eigenvalue weighted by molar-refractivity contribution is -0.131. The molecular formula is C25H27N9O2. The highest BCUT2D eigenvalue weighted by molar-refractivity contribution is 5.78. The Bertz CT molecular complexity index is 1340. The number of H-pyrrole nitrogens is 1. The Balaban J connectivity index is 0.970. The van der Waals surface area contributed by atoms with Crippen LogP contribution in [-0.4, -0.2) is 59.0 Å². The number of nitrogens with one attached hydrogen (secondary N) is 2. The van der Waals surface area contributed by atoms with E-state index in [9.17, 15) is 4.79 Å². The Hall–Kier alpha value is -3.89. The number of carbonyl (C=O) groups is 1. The number of carbonyl (C=O) groups excluding carboxylic acids is 1. The van der Waals surface area contributed by atoms with Crippen molar-refractivity contribution in [2.45, 2.75) is 57.0 Å². The molecule has 0 radical (unpaired) electrons. The average molecular weight is 486 g/mol. The summed E-state index contributed by atoms with van der Waals surface area (Å²) in [6, 6.07) is 0.384. The Labute approximate surface area is 207 Å². The average Bonchev–Trinajstić information content (AvgIpc) is 3.68. The molecule has 1 fully saturated rings. The van der Waals surface area contributed by atoms with Crippen molar-refractivity contribution >= 4 is 11.9 Å². The van der Waals surface area contributed by atoms with Crippen molar-refractivity contribution in [3.63, 3.8) is 0 Å². The predicted octanol–water partition coefficient (Wildman–Crippen LogP) is 1.92. The molecule has 11 nitrogen and oxygen atoms in total. The number of aromatic amines is 1. The molecular weight excluding hydrogens is 458 g/mol. The molecule has 3 aromatic rings. The van der Waals surface area contributed by atoms with E-state index in [2.05, 4.69) is 60.2 Å². The van der Waals surface area contributed by atoms with Gasteiger partial charge in [-0.2, -0.15) is 0 Å². The minimum atomic E-state index is -0.0422. The van der Waals surface area contributed by atoms with Crippen LogP contribution in [0.1, 0.15) is 53.2 Å². The zero-order valence-electron chi connectivity index (χ0n) is 19.8. The van der Waals surface area contributed by atoms with Gasteiger partial charge in [-0.05, 0) is 36.7 Å². The number of fused-ring (bicyclic) bond motifs is 3. The third-order valence-electron chi connectivity index (χ3n) is 7.84. The highest BCUT2D eigenvalue weighted by atomic mass is 16.4. The normalized spacial score (nSPS) is 26.1. The van der Waals surface area contributed by atoms with E-state index in [-0.39, 0.29) is 18.2 Å². The highest BCUT2D eigenvalue weighted by Gasteiger charge is 2.34. The van der Waals surface area contributed by atoms with Crippen LogP contribution in [0.25, 0.3) is 0 Å². The molecule has 7 rings (SSSR count). The Morgan fingerprint density at radius 3 is 2.83 bits per heavy atom. The molecule has 2 N–H and O–H groups in total. The van der Waals surface area contributed by atoms with Crippen LogP contribution in [0.2, 0.25) is 0 Å². The molecule has 1 aliphatic heterocycles. The number of nitrogens with zero attached hydrogens (tertiary/aromatic N) is 7. The molecule has 1 amide bonds. The molecule has 3 atom stereocenters. The van der Waals surface area contributed by atoms with Gasteiger partial charge in [-0.25, -0.2) is 9.97 Å². The maximum atomic E-state index is 12.8. The second-order valence-electron chi connectivity index (χ2n) is 10.2. The molecule has 4 heterocycles. The van der Waals surface area contributed by atoms with E-state index in [1.54, 1.807) is 4.90 Å². The summed E-state index contributed by atoms with van der Waals surface area (Å²) in [5.41, 5.74) is 3.96. The number of aromatic nitrogens is 7. The van der Waals surface area contributed by atoms with E-state index < -0.39 is 0 Å². The molecule has 1 saturated carbocycles. The van der Waals surface area contributed by atoms with Crippen LogP contribution in [-0.2, 0) is 37.0 Å². The lowest BCUT2D eigenvalue weighted by Gasteiger charge is -2.25. The van der Waals surface area contributed by atoms with Gasteiger partial charge < -0.3 is 14.6 Å². The fourth-order valence-corrected chi connectivity index (χ4v) is 5.93. The Morgan fingerprint density at radius 2 is 1.97 bits per heavy atom. The maximum Gasteiger partial charge on any atom is 0.232 e. The molecule has 0 spiro atoms. The van der Waals surface area contributed by atoms with Gasteiger partial charge in [0, 0.05) is 43.2 Å². The van der Waals surface area contributed by atoms with Crippen molar-refractivity contribution < 1.29 is 9.21 Å². The lowest BCUT2D eigenvalue weighted by Crippen LogP contribution is -2.37. The summed E-state index contributed by atoms with van der Waals surface area (Å²) in [4.78, 5) is 24.0. The zero-order chi connectivity index (χ0) is 24.1. The number of hydrogen-bond acceptors (Lipinski definition) is 9. The van der Waals surface area contributed by atoms with Crippen LogP contribution < -0.4 is 5.32 Å². The fourth-order valence-electron chi connectivity index (χ4n) is 5.93. The van der Waals surface area contributed by atoms with Gasteiger partial charge in [-0.1, -0.05) is 29.5 Å². The maximum absolute atomic E-state index is 12.8. The molecule has 0 bridgehead atoms. The molecule has 11 heteroatoms. The van der Waals surface area contributed by atoms with Gasteiger partial charge in [-0.3, -0.25) is 9.89 Å². The molecule has 3 aliphatic carbocycles. The van der Waals surface area contributed by atoms with Gasteiger partial charge in [0.1, 0.15) is 6.42 Å². The van der Waals surface area contributed by atoms with Gasteiger partial charge >= 0.3 is 0 Å². The summed E-state index contributed by atoms with van der Waals surface area (Å²) in [6.45, 7) is 1.09. The van der Waals surface area contributed by atoms with Gasteiger partial charge in [0.25, 0.3) is 0 Å². The van der Waals surface area contributed by atoms with Crippen molar-refractivity contribution in [3.05, 3.63) is 64.9 Å². The molecule has 3 aromatic heterocycles. The van der Waals surface area contributed by atoms with Crippen molar-refractivity contribution in [3.8, 4) is 0 Å². The third-order valence-corrected chi connectivity index (χ3v) is 7.84. The van der Waals surface area contributed by atoms with Crippen molar-refractivity contribution in [2.75, 3.05) is 11.9 Å². The number of amides is 1. The molecule has 0 saturated heterocycles. The first kappa shape index (κ1) is 21.4. The van der Waals surface area contributed by atoms with E-state index in [0.717, 1.165) is 48.3 Å². The van der Waals surface area contributed by atoms with E-state index in [0.29, 0.717) is 55.1 Å². The standard InChI is InChI=1S/C25H27N9O2/c35-23(34-6-5-19-21(13-34)30-33-29-19)11-22-31-32-24(36-22)16-7-17-12-26-25(28-20(17)10-16)27-18-8-14-3-1-2-4-15(14)9-18/h1-4,12,14-16,18H,5-11,13H2,(H,26,27,28)(H,29,30,33)/t14?,15?,16-,18?/m0/s1. The third kappa shape index (κ3) is 3.98. The first-order valence-electron chi connectivity index (χ1n) is 12.6. The monoisotopic (exact) mass is 485 g/mol. The van der Waals surface area contributed by atoms with Crippen LogP contribution in [0, 0.1) is 11.8 Å². The van der Waals surface area contributed by atoms with E-state index in [1.165, 1.54) is 0 Å². The largest absolute Gasteiger partial charge is 0.424 e. The second-order valence-corrected chi connectivity index (χ2v) is 10.2. The topological polar surface area (TPSA) is 139 Å². The lowest BCUT2D eigenvalue weighted by atomic mass is 9.92. The summed E-state index contributed by atoms with van der Waals surface area (Å²) in [5, 5.41) is 22.7. The summed E-state index contributed by atoms with van der Waals surface area (Å²) in [5.74, 6) is 2.83. The molecule has 2 unspecified atom stereocenters. The van der Waals surface area contributed by atoms with Crippen LogP contribution in [0.15, 0.2) is 34.9 Å². The molecule has 0 aromatic carbocycles. The number of rotatable bonds is 5. The summed E-state index contributed by atoms with van der Waals surface area (Å²) < 4.78 is 5.93. The van der Waals surface area contributed by atoms with Gasteiger partial charge in [0.05, 0.1) is 17.9 Å². The smallest absolute Gasteiger partial charge is 0.232 e. The first-order valence-corrected chi connectivity index (χ1v) is 12.6. The van der Waals surface area contributed by atoms with Gasteiger partial charge in [-0.15, -0.1) is 15.3 Å². The summed E-state index contributed by atoms with van der Waals surface area (Å²) >= 11 is 0. The van der Waals surface area contributed by atoms with Crippen LogP contribution in [0.5, 0.6) is 0 Å². The summed E-state index contributed by atoms with van der Waals surface area (Å²) in [7, 11) is 0. The number of hydrogen-bond donors (Lipinski definition) is 2. The molecule has 36 heavy (non-hydrogen) atoms. The van der Waals surface area contributed by atoms with Crippen LogP contribution in [0.3, 0.4) is 0 Å². The summed E-state index contributed by atoms with van der Waals surface area (Å²) in [6.07, 6.45) is 15.3. The van der Waals surface area contributed by atoms with Gasteiger partial charge in [0.2, 0.25) is 23.6 Å². The minimum absolute atomic E-state index is 0.0422. The minimum Gasteiger partial charge on any atom is -0.424 e. The molecule has 4 aliphatic rings. The highest BCUT2D eigenvalue weighted by Crippen LogP contribution is 2.38. The Morgan fingerprint density at radius 1 is 1.11 bits per heavy atom. The number of allylic oxidation sites excluding steroid dienone is 4. The van der Waals surface area contributed by atoms with Crippen molar-refractivity contribution in [2.24, 2.45) is 11.8 Å². The van der Waals surface area contributed by atoms with Crippen molar-refractivity contribution in [1.82, 2.24) is 40.5 Å². The fraction of sp³-hybridized carbons (Fsp3) is 0.480. The second kappa shape index (κ2) is 8.65. The van der Waals surface area contributed by atoms with E-state index >= 15 is 0 Å². The quantitative estimate of drug-likeness (QED) is 0.555.